The SMILES string of the molecule is CCCC[C@@H]1CN(c2cccc(C(=O)O)c2)CCN1. The smallest absolute Gasteiger partial charge is 0.335 e. The first kappa shape index (κ1) is 13.9. The van der Waals surface area contributed by atoms with E-state index in [-0.39, 0.29) is 0 Å². The summed E-state index contributed by atoms with van der Waals surface area (Å²) in [5.74, 6) is -0.862. The Bertz CT molecular complexity index is 434. The van der Waals surface area contributed by atoms with Gasteiger partial charge in [0, 0.05) is 31.4 Å². The Morgan fingerprint density at radius 2 is 2.37 bits per heavy atom. The Labute approximate surface area is 114 Å². The van der Waals surface area contributed by atoms with Crippen molar-refractivity contribution in [1.82, 2.24) is 5.32 Å². The maximum Gasteiger partial charge on any atom is 0.335 e. The standard InChI is InChI=1S/C15H22N2O2/c1-2-3-6-13-11-17(9-8-16-13)14-7-4-5-12(10-14)15(18)19/h4-5,7,10,13,16H,2-3,6,8-9,11H2,1H3,(H,18,19)/t13-/m1/s1. The van der Waals surface area contributed by atoms with Crippen LogP contribution in [0.4, 0.5) is 5.69 Å². The van der Waals surface area contributed by atoms with Crippen molar-refractivity contribution in [3.63, 3.8) is 0 Å². The van der Waals surface area contributed by atoms with Gasteiger partial charge in [0.25, 0.3) is 0 Å². The van der Waals surface area contributed by atoms with Crippen LogP contribution in [0, 0.1) is 0 Å². The lowest BCUT2D eigenvalue weighted by molar-refractivity contribution is 0.0697. The number of carboxylic acid groups (broad SMARTS) is 1. The molecule has 0 radical (unpaired) electrons. The van der Waals surface area contributed by atoms with Crippen molar-refractivity contribution in [2.45, 2.75) is 32.2 Å². The molecule has 1 aromatic rings. The minimum absolute atomic E-state index is 0.362. The van der Waals surface area contributed by atoms with Crippen molar-refractivity contribution in [3.05, 3.63) is 29.8 Å². The second-order valence-corrected chi connectivity index (χ2v) is 5.09. The van der Waals surface area contributed by atoms with E-state index >= 15 is 0 Å². The lowest BCUT2D eigenvalue weighted by Crippen LogP contribution is -2.50. The highest BCUT2D eigenvalue weighted by Crippen LogP contribution is 2.19. The van der Waals surface area contributed by atoms with E-state index < -0.39 is 5.97 Å². The molecular formula is C15H22N2O2. The molecule has 19 heavy (non-hydrogen) atoms. The first-order valence-corrected chi connectivity index (χ1v) is 7.02. The molecule has 1 fully saturated rings. The Hall–Kier alpha value is -1.55. The van der Waals surface area contributed by atoms with E-state index in [1.165, 1.54) is 19.3 Å². The monoisotopic (exact) mass is 262 g/mol. The number of nitrogens with one attached hydrogen (secondary N) is 1. The van der Waals surface area contributed by atoms with Crippen molar-refractivity contribution < 1.29 is 9.90 Å². The Kier molecular flexibility index (Phi) is 4.80. The first-order valence-electron chi connectivity index (χ1n) is 7.02. The summed E-state index contributed by atoms with van der Waals surface area (Å²) in [6, 6.07) is 7.74. The third kappa shape index (κ3) is 3.70. The molecule has 1 atom stereocenters. The third-order valence-electron chi connectivity index (χ3n) is 3.62. The molecular weight excluding hydrogens is 240 g/mol. The fourth-order valence-electron chi connectivity index (χ4n) is 2.54. The van der Waals surface area contributed by atoms with Crippen LogP contribution >= 0.6 is 0 Å². The van der Waals surface area contributed by atoms with Gasteiger partial charge in [-0.3, -0.25) is 0 Å². The molecule has 0 saturated carbocycles. The van der Waals surface area contributed by atoms with Crippen LogP contribution in [0.5, 0.6) is 0 Å². The number of carboxylic acids is 1. The molecule has 104 valence electrons. The summed E-state index contributed by atoms with van der Waals surface area (Å²) in [6.45, 7) is 5.07. The molecule has 1 aliphatic heterocycles. The van der Waals surface area contributed by atoms with E-state index in [1.54, 1.807) is 12.1 Å². The highest BCUT2D eigenvalue weighted by Gasteiger charge is 2.19. The molecule has 0 aromatic heterocycles. The topological polar surface area (TPSA) is 52.6 Å². The van der Waals surface area contributed by atoms with Crippen molar-refractivity contribution in [1.29, 1.82) is 0 Å². The first-order chi connectivity index (χ1) is 9.20. The minimum Gasteiger partial charge on any atom is -0.478 e. The van der Waals surface area contributed by atoms with Gasteiger partial charge in [-0.05, 0) is 24.6 Å². The van der Waals surface area contributed by atoms with Crippen LogP contribution in [-0.4, -0.2) is 36.8 Å². The van der Waals surface area contributed by atoms with Crippen molar-refractivity contribution in [2.75, 3.05) is 24.5 Å². The van der Waals surface area contributed by atoms with E-state index in [0.29, 0.717) is 11.6 Å². The van der Waals surface area contributed by atoms with Crippen LogP contribution < -0.4 is 10.2 Å². The number of benzene rings is 1. The van der Waals surface area contributed by atoms with Gasteiger partial charge in [-0.15, -0.1) is 0 Å². The molecule has 4 nitrogen and oxygen atoms in total. The van der Waals surface area contributed by atoms with Crippen LogP contribution in [-0.2, 0) is 0 Å². The summed E-state index contributed by atoms with van der Waals surface area (Å²) in [5, 5.41) is 12.6. The lowest BCUT2D eigenvalue weighted by Gasteiger charge is -2.35. The molecule has 1 saturated heterocycles. The summed E-state index contributed by atoms with van der Waals surface area (Å²) in [5.41, 5.74) is 1.38. The van der Waals surface area contributed by atoms with Crippen molar-refractivity contribution in [3.8, 4) is 0 Å². The van der Waals surface area contributed by atoms with Gasteiger partial charge in [-0.25, -0.2) is 4.79 Å². The van der Waals surface area contributed by atoms with Gasteiger partial charge in [0.1, 0.15) is 0 Å². The summed E-state index contributed by atoms with van der Waals surface area (Å²) in [6.07, 6.45) is 3.64. The number of rotatable bonds is 5. The second kappa shape index (κ2) is 6.57. The number of carbonyl (C=O) groups is 1. The summed E-state index contributed by atoms with van der Waals surface area (Å²) >= 11 is 0. The van der Waals surface area contributed by atoms with Crippen LogP contribution in [0.2, 0.25) is 0 Å². The number of aromatic carboxylic acids is 1. The van der Waals surface area contributed by atoms with Gasteiger partial charge in [-0.2, -0.15) is 0 Å². The predicted octanol–water partition coefficient (Wildman–Crippen LogP) is 2.35. The van der Waals surface area contributed by atoms with E-state index in [2.05, 4.69) is 17.1 Å². The fourth-order valence-corrected chi connectivity index (χ4v) is 2.54. The molecule has 1 heterocycles. The number of anilines is 1. The van der Waals surface area contributed by atoms with Gasteiger partial charge in [0.2, 0.25) is 0 Å². The molecule has 0 spiro atoms. The Morgan fingerprint density at radius 1 is 1.53 bits per heavy atom. The maximum absolute atomic E-state index is 11.0. The van der Waals surface area contributed by atoms with Crippen molar-refractivity contribution >= 4 is 11.7 Å². The zero-order valence-corrected chi connectivity index (χ0v) is 11.4. The van der Waals surface area contributed by atoms with Crippen LogP contribution in [0.25, 0.3) is 0 Å². The van der Waals surface area contributed by atoms with Gasteiger partial charge in [0.15, 0.2) is 0 Å². The molecule has 0 unspecified atom stereocenters. The van der Waals surface area contributed by atoms with Gasteiger partial charge < -0.3 is 15.3 Å². The number of unbranched alkanes of at least 4 members (excludes halogenated alkanes) is 1. The predicted molar refractivity (Wildman–Crippen MR) is 76.9 cm³/mol. The minimum atomic E-state index is -0.862. The van der Waals surface area contributed by atoms with Crippen LogP contribution in [0.3, 0.4) is 0 Å². The molecule has 0 bridgehead atoms. The second-order valence-electron chi connectivity index (χ2n) is 5.09. The molecule has 2 N–H and O–H groups in total. The summed E-state index contributed by atoms with van der Waals surface area (Å²) < 4.78 is 0. The van der Waals surface area contributed by atoms with E-state index in [0.717, 1.165) is 25.3 Å². The van der Waals surface area contributed by atoms with Crippen LogP contribution in [0.15, 0.2) is 24.3 Å². The Balaban J connectivity index is 2.04. The average molecular weight is 262 g/mol. The molecule has 1 aromatic carbocycles. The molecule has 2 rings (SSSR count). The number of hydrogen-bond acceptors (Lipinski definition) is 3. The third-order valence-corrected chi connectivity index (χ3v) is 3.62. The zero-order chi connectivity index (χ0) is 13.7. The van der Waals surface area contributed by atoms with Crippen LogP contribution in [0.1, 0.15) is 36.5 Å². The van der Waals surface area contributed by atoms with Gasteiger partial charge in [-0.1, -0.05) is 25.8 Å². The number of nitrogens with zero attached hydrogens (tertiary/aromatic N) is 1. The number of piperazine rings is 1. The molecule has 1 aliphatic rings. The quantitative estimate of drug-likeness (QED) is 0.855. The lowest BCUT2D eigenvalue weighted by atomic mass is 10.1. The Morgan fingerprint density at radius 3 is 3.11 bits per heavy atom. The number of hydrogen-bond donors (Lipinski definition) is 2. The normalized spacial score (nSPS) is 19.4. The van der Waals surface area contributed by atoms with Gasteiger partial charge in [0.05, 0.1) is 5.56 Å². The van der Waals surface area contributed by atoms with Crippen molar-refractivity contribution in [2.24, 2.45) is 0 Å². The molecule has 0 amide bonds. The summed E-state index contributed by atoms with van der Waals surface area (Å²) in [7, 11) is 0. The highest BCUT2D eigenvalue weighted by atomic mass is 16.4. The largest absolute Gasteiger partial charge is 0.478 e. The molecule has 4 heteroatoms. The fraction of sp³-hybridized carbons (Fsp3) is 0.533. The summed E-state index contributed by atoms with van der Waals surface area (Å²) in [4.78, 5) is 13.3. The van der Waals surface area contributed by atoms with E-state index in [9.17, 15) is 4.79 Å². The molecule has 0 aliphatic carbocycles. The zero-order valence-electron chi connectivity index (χ0n) is 11.4. The maximum atomic E-state index is 11.0. The average Bonchev–Trinajstić information content (AvgIpc) is 2.45. The van der Waals surface area contributed by atoms with E-state index in [4.69, 9.17) is 5.11 Å². The van der Waals surface area contributed by atoms with E-state index in [1.807, 2.05) is 12.1 Å². The van der Waals surface area contributed by atoms with Gasteiger partial charge >= 0.3 is 5.97 Å². The highest BCUT2D eigenvalue weighted by molar-refractivity contribution is 5.88.